The number of ether oxygens (including phenoxy) is 2. The Balaban J connectivity index is 1.66. The van der Waals surface area contributed by atoms with Gasteiger partial charge in [-0.3, -0.25) is 9.36 Å². The zero-order valence-electron chi connectivity index (χ0n) is 17.5. The second-order valence-corrected chi connectivity index (χ2v) is 7.99. The highest BCUT2D eigenvalue weighted by Gasteiger charge is 2.20. The highest BCUT2D eigenvalue weighted by molar-refractivity contribution is 7.99. The number of thioether (sulfide) groups is 1. The molecular weight excluding hydrogens is 455 g/mol. The van der Waals surface area contributed by atoms with Crippen LogP contribution in [0.5, 0.6) is 11.5 Å². The lowest BCUT2D eigenvalue weighted by molar-refractivity contribution is -0.113. The molecule has 2 aromatic carbocycles. The van der Waals surface area contributed by atoms with E-state index in [2.05, 4.69) is 22.1 Å². The normalized spacial score (nSPS) is 11.6. The molecule has 7 nitrogen and oxygen atoms in total. The van der Waals surface area contributed by atoms with E-state index in [-0.39, 0.29) is 16.7 Å². The number of nitrogens with zero attached hydrogens (tertiary/aromatic N) is 3. The molecule has 0 radical (unpaired) electrons. The predicted octanol–water partition coefficient (Wildman–Crippen LogP) is 5.14. The van der Waals surface area contributed by atoms with Gasteiger partial charge in [0.1, 0.15) is 17.3 Å². The van der Waals surface area contributed by atoms with Gasteiger partial charge in [-0.2, -0.15) is 0 Å². The molecule has 0 saturated carbocycles. The molecule has 0 bridgehead atoms. The van der Waals surface area contributed by atoms with Crippen LogP contribution in [0.2, 0.25) is 5.02 Å². The number of carbonyl (C=O) groups is 1. The van der Waals surface area contributed by atoms with Gasteiger partial charge < -0.3 is 14.8 Å². The molecule has 1 atom stereocenters. The van der Waals surface area contributed by atoms with Gasteiger partial charge in [-0.15, -0.1) is 16.8 Å². The average Bonchev–Trinajstić information content (AvgIpc) is 3.18. The van der Waals surface area contributed by atoms with Crippen molar-refractivity contribution in [1.29, 1.82) is 0 Å². The molecule has 1 aromatic heterocycles. The minimum atomic E-state index is -0.520. The van der Waals surface area contributed by atoms with E-state index in [9.17, 15) is 9.18 Å². The first-order valence-electron chi connectivity index (χ1n) is 9.63. The number of aromatic nitrogens is 3. The zero-order valence-corrected chi connectivity index (χ0v) is 19.1. The van der Waals surface area contributed by atoms with Gasteiger partial charge in [-0.1, -0.05) is 29.4 Å². The van der Waals surface area contributed by atoms with Gasteiger partial charge in [0.15, 0.2) is 17.1 Å². The molecule has 0 spiro atoms. The lowest BCUT2D eigenvalue weighted by Gasteiger charge is -2.16. The van der Waals surface area contributed by atoms with Crippen LogP contribution < -0.4 is 14.8 Å². The number of hydrogen-bond donors (Lipinski definition) is 1. The third-order valence-corrected chi connectivity index (χ3v) is 5.59. The molecule has 0 fully saturated rings. The van der Waals surface area contributed by atoms with Crippen LogP contribution in [0.15, 0.2) is 60.3 Å². The van der Waals surface area contributed by atoms with E-state index in [0.717, 1.165) is 0 Å². The molecule has 3 rings (SSSR count). The summed E-state index contributed by atoms with van der Waals surface area (Å²) in [4.78, 5) is 12.3. The van der Waals surface area contributed by atoms with E-state index in [1.165, 1.54) is 30.0 Å². The van der Waals surface area contributed by atoms with Crippen molar-refractivity contribution >= 4 is 35.0 Å². The van der Waals surface area contributed by atoms with E-state index in [0.29, 0.717) is 34.7 Å². The Morgan fingerprint density at radius 3 is 2.72 bits per heavy atom. The largest absolute Gasteiger partial charge is 0.497 e. The zero-order chi connectivity index (χ0) is 23.1. The maximum atomic E-state index is 13.3. The lowest BCUT2D eigenvalue weighted by atomic mass is 10.3. The summed E-state index contributed by atoms with van der Waals surface area (Å²) < 4.78 is 26.0. The molecule has 1 amide bonds. The van der Waals surface area contributed by atoms with Crippen molar-refractivity contribution < 1.29 is 18.7 Å². The number of amides is 1. The van der Waals surface area contributed by atoms with Gasteiger partial charge >= 0.3 is 0 Å². The summed E-state index contributed by atoms with van der Waals surface area (Å²) in [5.41, 5.74) is 0.669. The first kappa shape index (κ1) is 23.6. The Hall–Kier alpha value is -3.04. The fraction of sp³-hybridized carbons (Fsp3) is 0.227. The number of anilines is 1. The Morgan fingerprint density at radius 2 is 2.06 bits per heavy atom. The second-order valence-electron chi connectivity index (χ2n) is 6.64. The molecule has 1 N–H and O–H groups in total. The fourth-order valence-corrected chi connectivity index (χ4v) is 3.79. The number of allylic oxidation sites excluding steroid dienone is 1. The van der Waals surface area contributed by atoms with Crippen LogP contribution in [0.3, 0.4) is 0 Å². The van der Waals surface area contributed by atoms with E-state index in [1.54, 1.807) is 48.9 Å². The summed E-state index contributed by atoms with van der Waals surface area (Å²) >= 11 is 7.30. The molecule has 0 aliphatic rings. The van der Waals surface area contributed by atoms with Crippen molar-refractivity contribution in [3.8, 4) is 11.5 Å². The standard InChI is InChI=1S/C22H22ClFN4O3S/c1-4-11-28-21(14(2)31-19-10-5-15(24)12-18(19)23)26-27-22(28)32-13-20(29)25-16-6-8-17(30-3)9-7-16/h4-10,12,14H,1,11,13H2,2-3H3,(H,25,29). The quantitative estimate of drug-likeness (QED) is 0.322. The summed E-state index contributed by atoms with van der Waals surface area (Å²) in [5.74, 6) is 1.08. The summed E-state index contributed by atoms with van der Waals surface area (Å²) in [6.45, 7) is 5.98. The highest BCUT2D eigenvalue weighted by atomic mass is 35.5. The van der Waals surface area contributed by atoms with Gasteiger partial charge in [-0.25, -0.2) is 4.39 Å². The van der Waals surface area contributed by atoms with E-state index in [1.807, 2.05) is 0 Å². The van der Waals surface area contributed by atoms with Crippen LogP contribution in [0, 0.1) is 5.82 Å². The lowest BCUT2D eigenvalue weighted by Crippen LogP contribution is -2.15. The summed E-state index contributed by atoms with van der Waals surface area (Å²) in [6.07, 6.45) is 1.18. The number of hydrogen-bond acceptors (Lipinski definition) is 6. The number of benzene rings is 2. The van der Waals surface area contributed by atoms with Crippen molar-refractivity contribution in [2.45, 2.75) is 24.7 Å². The van der Waals surface area contributed by atoms with E-state index in [4.69, 9.17) is 21.1 Å². The van der Waals surface area contributed by atoms with Crippen LogP contribution in [-0.2, 0) is 11.3 Å². The molecule has 3 aromatic rings. The highest BCUT2D eigenvalue weighted by Crippen LogP contribution is 2.30. The van der Waals surface area contributed by atoms with Crippen LogP contribution in [0.1, 0.15) is 18.9 Å². The molecule has 1 unspecified atom stereocenters. The van der Waals surface area contributed by atoms with Crippen LogP contribution >= 0.6 is 23.4 Å². The van der Waals surface area contributed by atoms with E-state index < -0.39 is 11.9 Å². The number of rotatable bonds is 10. The average molecular weight is 477 g/mol. The monoisotopic (exact) mass is 476 g/mol. The summed E-state index contributed by atoms with van der Waals surface area (Å²) in [7, 11) is 1.58. The van der Waals surface area contributed by atoms with Crippen LogP contribution in [0.25, 0.3) is 0 Å². The Labute approximate surface area is 194 Å². The summed E-state index contributed by atoms with van der Waals surface area (Å²) in [5, 5.41) is 11.9. The maximum Gasteiger partial charge on any atom is 0.234 e. The van der Waals surface area contributed by atoms with Crippen molar-refractivity contribution in [2.75, 3.05) is 18.2 Å². The predicted molar refractivity (Wildman–Crippen MR) is 123 cm³/mol. The molecule has 1 heterocycles. The van der Waals surface area contributed by atoms with Gasteiger partial charge in [-0.05, 0) is 49.4 Å². The minimum Gasteiger partial charge on any atom is -0.497 e. The number of nitrogens with one attached hydrogen (secondary N) is 1. The fourth-order valence-electron chi connectivity index (χ4n) is 2.82. The molecule has 32 heavy (non-hydrogen) atoms. The van der Waals surface area contributed by atoms with Crippen molar-refractivity contribution in [1.82, 2.24) is 14.8 Å². The smallest absolute Gasteiger partial charge is 0.234 e. The molecular formula is C22H22ClFN4O3S. The number of carbonyl (C=O) groups excluding carboxylic acids is 1. The number of methoxy groups -OCH3 is 1. The van der Waals surface area contributed by atoms with Gasteiger partial charge in [0.05, 0.1) is 17.9 Å². The van der Waals surface area contributed by atoms with Crippen LogP contribution in [-0.4, -0.2) is 33.5 Å². The molecule has 168 valence electrons. The Kier molecular flexibility index (Phi) is 8.13. The van der Waals surface area contributed by atoms with Gasteiger partial charge in [0, 0.05) is 12.2 Å². The Bertz CT molecular complexity index is 1090. The molecule has 10 heteroatoms. The topological polar surface area (TPSA) is 78.3 Å². The number of halogens is 2. The second kappa shape index (κ2) is 11.0. The first-order valence-corrected chi connectivity index (χ1v) is 11.0. The van der Waals surface area contributed by atoms with Crippen molar-refractivity contribution in [2.24, 2.45) is 0 Å². The van der Waals surface area contributed by atoms with Gasteiger partial charge in [0.25, 0.3) is 0 Å². The van der Waals surface area contributed by atoms with Crippen LogP contribution in [0.4, 0.5) is 10.1 Å². The Morgan fingerprint density at radius 1 is 1.31 bits per heavy atom. The SMILES string of the molecule is C=CCn1c(SCC(=O)Nc2ccc(OC)cc2)nnc1C(C)Oc1ccc(F)cc1Cl. The third kappa shape index (κ3) is 6.02. The van der Waals surface area contributed by atoms with Gasteiger partial charge in [0.2, 0.25) is 5.91 Å². The summed E-state index contributed by atoms with van der Waals surface area (Å²) in [6, 6.07) is 11.0. The van der Waals surface area contributed by atoms with Crippen molar-refractivity contribution in [3.63, 3.8) is 0 Å². The molecule has 0 saturated heterocycles. The third-order valence-electron chi connectivity index (χ3n) is 4.32. The van der Waals surface area contributed by atoms with Crippen molar-refractivity contribution in [3.05, 3.63) is 71.8 Å². The first-order chi connectivity index (χ1) is 15.4. The maximum absolute atomic E-state index is 13.3. The molecule has 0 aliphatic carbocycles. The molecule has 0 aliphatic heterocycles. The minimum absolute atomic E-state index is 0.139. The van der Waals surface area contributed by atoms with E-state index >= 15 is 0 Å².